The van der Waals surface area contributed by atoms with Gasteiger partial charge in [0.2, 0.25) is 0 Å². The molecule has 0 unspecified atom stereocenters. The summed E-state index contributed by atoms with van der Waals surface area (Å²) < 4.78 is 65.0. The number of hydrogen-bond donors (Lipinski definition) is 1. The largest absolute Gasteiger partial charge is 0.390 e. The molecule has 0 aliphatic carbocycles. The highest BCUT2D eigenvalue weighted by atomic mass is 32.2. The Kier molecular flexibility index (Phi) is 6.38. The molecule has 0 radical (unpaired) electrons. The standard InChI is InChI=1S/C19H21F3N2O3S/c1-13-8-9-15(28(26,27)23-17-7-5-4-6-14(17)2)12-16(13)18(25)24(3)11-10-19(20,21)22/h4-9,12,23H,10-11H2,1-3H3. The lowest BCUT2D eigenvalue weighted by Crippen LogP contribution is -2.31. The first-order chi connectivity index (χ1) is 12.9. The van der Waals surface area contributed by atoms with Crippen LogP contribution in [0.4, 0.5) is 18.9 Å². The first-order valence-electron chi connectivity index (χ1n) is 8.42. The molecule has 2 aromatic carbocycles. The second kappa shape index (κ2) is 8.22. The lowest BCUT2D eigenvalue weighted by Gasteiger charge is -2.20. The Labute approximate surface area is 162 Å². The average Bonchev–Trinajstić information content (AvgIpc) is 2.60. The summed E-state index contributed by atoms with van der Waals surface area (Å²) in [6.45, 7) is 2.83. The summed E-state index contributed by atoms with van der Waals surface area (Å²) in [5.41, 5.74) is 1.63. The van der Waals surface area contributed by atoms with Gasteiger partial charge in [-0.15, -0.1) is 0 Å². The molecule has 0 aromatic heterocycles. The third-order valence-corrected chi connectivity index (χ3v) is 5.58. The summed E-state index contributed by atoms with van der Waals surface area (Å²) in [6.07, 6.45) is -5.52. The Morgan fingerprint density at radius 1 is 1.07 bits per heavy atom. The predicted molar refractivity (Wildman–Crippen MR) is 101 cm³/mol. The molecule has 1 amide bonds. The van der Waals surface area contributed by atoms with E-state index in [1.165, 1.54) is 25.2 Å². The highest BCUT2D eigenvalue weighted by Gasteiger charge is 2.29. The van der Waals surface area contributed by atoms with Crippen LogP contribution in [0.3, 0.4) is 0 Å². The zero-order valence-corrected chi connectivity index (χ0v) is 16.5. The van der Waals surface area contributed by atoms with Gasteiger partial charge in [0.25, 0.3) is 15.9 Å². The van der Waals surface area contributed by atoms with Crippen LogP contribution in [0.15, 0.2) is 47.4 Å². The highest BCUT2D eigenvalue weighted by Crippen LogP contribution is 2.23. The fourth-order valence-corrected chi connectivity index (χ4v) is 3.65. The van der Waals surface area contributed by atoms with Gasteiger partial charge in [0.1, 0.15) is 0 Å². The number of sulfonamides is 1. The molecule has 1 N–H and O–H groups in total. The van der Waals surface area contributed by atoms with Crippen molar-refractivity contribution in [3.05, 3.63) is 59.2 Å². The van der Waals surface area contributed by atoms with E-state index in [1.54, 1.807) is 38.1 Å². The van der Waals surface area contributed by atoms with Crippen molar-refractivity contribution < 1.29 is 26.4 Å². The smallest absolute Gasteiger partial charge is 0.341 e. The Balaban J connectivity index is 2.29. The zero-order chi connectivity index (χ0) is 21.1. The Bertz CT molecular complexity index is 973. The van der Waals surface area contributed by atoms with Gasteiger partial charge in [0.15, 0.2) is 0 Å². The van der Waals surface area contributed by atoms with E-state index in [2.05, 4.69) is 4.72 Å². The minimum absolute atomic E-state index is 0.0392. The molecule has 0 saturated heterocycles. The number of para-hydroxylation sites is 1. The number of carbonyl (C=O) groups is 1. The minimum atomic E-state index is -4.38. The molecule has 0 saturated carbocycles. The number of alkyl halides is 3. The van der Waals surface area contributed by atoms with Gasteiger partial charge < -0.3 is 4.90 Å². The second-order valence-electron chi connectivity index (χ2n) is 6.49. The molecule has 0 aliphatic rings. The lowest BCUT2D eigenvalue weighted by molar-refractivity contribution is -0.136. The zero-order valence-electron chi connectivity index (χ0n) is 15.7. The molecule has 2 aromatic rings. The highest BCUT2D eigenvalue weighted by molar-refractivity contribution is 7.92. The number of nitrogens with zero attached hydrogens (tertiary/aromatic N) is 1. The van der Waals surface area contributed by atoms with Crippen LogP contribution in [0, 0.1) is 13.8 Å². The van der Waals surface area contributed by atoms with Crippen molar-refractivity contribution in [1.82, 2.24) is 4.90 Å². The first-order valence-corrected chi connectivity index (χ1v) is 9.90. The van der Waals surface area contributed by atoms with E-state index in [-0.39, 0.29) is 10.5 Å². The first kappa shape index (κ1) is 21.7. The van der Waals surface area contributed by atoms with E-state index < -0.39 is 35.1 Å². The second-order valence-corrected chi connectivity index (χ2v) is 8.17. The summed E-state index contributed by atoms with van der Waals surface area (Å²) in [5.74, 6) is -0.672. The van der Waals surface area contributed by atoms with Gasteiger partial charge >= 0.3 is 6.18 Å². The molecule has 152 valence electrons. The third kappa shape index (κ3) is 5.48. The van der Waals surface area contributed by atoms with Gasteiger partial charge in [-0.3, -0.25) is 9.52 Å². The molecule has 0 atom stereocenters. The van der Waals surface area contributed by atoms with Gasteiger partial charge in [-0.25, -0.2) is 8.42 Å². The SMILES string of the molecule is Cc1ccccc1NS(=O)(=O)c1ccc(C)c(C(=O)N(C)CCC(F)(F)F)c1. The average molecular weight is 414 g/mol. The van der Waals surface area contributed by atoms with Crippen molar-refractivity contribution in [2.45, 2.75) is 31.3 Å². The van der Waals surface area contributed by atoms with Crippen molar-refractivity contribution in [2.24, 2.45) is 0 Å². The maximum atomic E-state index is 12.7. The minimum Gasteiger partial charge on any atom is -0.341 e. The number of hydrogen-bond acceptors (Lipinski definition) is 3. The monoisotopic (exact) mass is 414 g/mol. The van der Waals surface area contributed by atoms with Gasteiger partial charge in [-0.05, 0) is 43.2 Å². The van der Waals surface area contributed by atoms with Gasteiger partial charge in [-0.1, -0.05) is 24.3 Å². The quantitative estimate of drug-likeness (QED) is 0.773. The molecule has 2 rings (SSSR count). The van der Waals surface area contributed by atoms with Crippen LogP contribution >= 0.6 is 0 Å². The lowest BCUT2D eigenvalue weighted by atomic mass is 10.1. The summed E-state index contributed by atoms with van der Waals surface area (Å²) in [7, 11) is -2.72. The van der Waals surface area contributed by atoms with Gasteiger partial charge in [-0.2, -0.15) is 13.2 Å². The van der Waals surface area contributed by atoms with Crippen LogP contribution in [-0.4, -0.2) is 39.0 Å². The molecule has 0 fully saturated rings. The number of carbonyl (C=O) groups excluding carboxylic acids is 1. The molecule has 9 heteroatoms. The number of nitrogens with one attached hydrogen (secondary N) is 1. The van der Waals surface area contributed by atoms with Gasteiger partial charge in [0, 0.05) is 19.2 Å². The van der Waals surface area contributed by atoms with Crippen LogP contribution in [0.2, 0.25) is 0 Å². The van der Waals surface area contributed by atoms with Crippen molar-refractivity contribution in [3.63, 3.8) is 0 Å². The van der Waals surface area contributed by atoms with Crippen molar-refractivity contribution in [2.75, 3.05) is 18.3 Å². The Morgan fingerprint density at radius 3 is 2.32 bits per heavy atom. The number of aryl methyl sites for hydroxylation is 2. The third-order valence-electron chi connectivity index (χ3n) is 4.22. The summed E-state index contributed by atoms with van der Waals surface area (Å²) in [5, 5.41) is 0. The van der Waals surface area contributed by atoms with Crippen LogP contribution in [0.5, 0.6) is 0 Å². The maximum Gasteiger partial charge on any atom is 0.390 e. The molecule has 0 bridgehead atoms. The predicted octanol–water partition coefficient (Wildman–Crippen LogP) is 4.13. The number of rotatable bonds is 6. The molecule has 0 aliphatic heterocycles. The van der Waals surface area contributed by atoms with Crippen LogP contribution in [0.25, 0.3) is 0 Å². The maximum absolute atomic E-state index is 12.7. The van der Waals surface area contributed by atoms with Crippen LogP contribution in [-0.2, 0) is 10.0 Å². The summed E-state index contributed by atoms with van der Waals surface area (Å²) in [6, 6.07) is 10.8. The molecule has 28 heavy (non-hydrogen) atoms. The van der Waals surface area contributed by atoms with Crippen molar-refractivity contribution in [3.8, 4) is 0 Å². The normalized spacial score (nSPS) is 11.9. The molecular weight excluding hydrogens is 393 g/mol. The fraction of sp³-hybridized carbons (Fsp3) is 0.316. The van der Waals surface area contributed by atoms with Gasteiger partial charge in [0.05, 0.1) is 17.0 Å². The molecule has 5 nitrogen and oxygen atoms in total. The van der Waals surface area contributed by atoms with Crippen molar-refractivity contribution >= 4 is 21.6 Å². The topological polar surface area (TPSA) is 66.5 Å². The van der Waals surface area contributed by atoms with E-state index in [0.717, 1.165) is 10.5 Å². The number of anilines is 1. The summed E-state index contributed by atoms with van der Waals surface area (Å²) in [4.78, 5) is 13.3. The summed E-state index contributed by atoms with van der Waals surface area (Å²) >= 11 is 0. The van der Waals surface area contributed by atoms with E-state index in [4.69, 9.17) is 0 Å². The van der Waals surface area contributed by atoms with E-state index >= 15 is 0 Å². The number of benzene rings is 2. The number of halogens is 3. The van der Waals surface area contributed by atoms with Crippen LogP contribution < -0.4 is 4.72 Å². The Hall–Kier alpha value is -2.55. The molecule has 0 spiro atoms. The van der Waals surface area contributed by atoms with E-state index in [1.807, 2.05) is 0 Å². The van der Waals surface area contributed by atoms with Crippen LogP contribution in [0.1, 0.15) is 27.9 Å². The Morgan fingerprint density at radius 2 is 1.71 bits per heavy atom. The molecular formula is C19H21F3N2O3S. The van der Waals surface area contributed by atoms with E-state index in [9.17, 15) is 26.4 Å². The fourth-order valence-electron chi connectivity index (χ4n) is 2.49. The van der Waals surface area contributed by atoms with Crippen molar-refractivity contribution in [1.29, 1.82) is 0 Å². The van der Waals surface area contributed by atoms with E-state index in [0.29, 0.717) is 11.3 Å². The molecule has 0 heterocycles. The number of amides is 1.